The number of nitrogens with one attached hydrogen (secondary N) is 1. The van der Waals surface area contributed by atoms with Crippen molar-refractivity contribution in [3.63, 3.8) is 0 Å². The molecule has 1 amide bonds. The van der Waals surface area contributed by atoms with Gasteiger partial charge in [0.05, 0.1) is 11.3 Å². The molecule has 6 nitrogen and oxygen atoms in total. The molecule has 2 aromatic heterocycles. The van der Waals surface area contributed by atoms with Crippen LogP contribution in [0.2, 0.25) is 0 Å². The van der Waals surface area contributed by atoms with Crippen LogP contribution in [0.1, 0.15) is 17.3 Å². The Balaban J connectivity index is 1.73. The van der Waals surface area contributed by atoms with E-state index >= 15 is 0 Å². The quantitative estimate of drug-likeness (QED) is 0.422. The van der Waals surface area contributed by atoms with Crippen LogP contribution >= 0.6 is 23.1 Å². The number of nitrogens with zero attached hydrogens (tertiary/aromatic N) is 2. The molecule has 0 bridgehead atoms. The highest BCUT2D eigenvalue weighted by Gasteiger charge is 2.13. The molecule has 0 atom stereocenters. The second-order valence-corrected chi connectivity index (χ2v) is 7.22. The van der Waals surface area contributed by atoms with Crippen LogP contribution in [0.25, 0.3) is 10.2 Å². The summed E-state index contributed by atoms with van der Waals surface area (Å²) in [6.45, 7) is 1.43. The number of aromatic nitrogens is 2. The maximum absolute atomic E-state index is 12.3. The van der Waals surface area contributed by atoms with E-state index in [2.05, 4.69) is 10.3 Å². The predicted octanol–water partition coefficient (Wildman–Crippen LogP) is 2.93. The molecule has 0 saturated carbocycles. The van der Waals surface area contributed by atoms with E-state index in [1.807, 2.05) is 5.38 Å². The lowest BCUT2D eigenvalue weighted by atomic mass is 10.1. The van der Waals surface area contributed by atoms with E-state index in [9.17, 15) is 14.4 Å². The Morgan fingerprint density at radius 2 is 1.96 bits per heavy atom. The highest BCUT2D eigenvalue weighted by atomic mass is 32.2. The van der Waals surface area contributed by atoms with Crippen molar-refractivity contribution >= 4 is 50.7 Å². The summed E-state index contributed by atoms with van der Waals surface area (Å²) in [7, 11) is 1.66. The average Bonchev–Trinajstić information content (AvgIpc) is 3.05. The fourth-order valence-corrected chi connectivity index (χ4v) is 3.92. The monoisotopic (exact) mass is 373 g/mol. The van der Waals surface area contributed by atoms with Crippen LogP contribution in [0.5, 0.6) is 0 Å². The van der Waals surface area contributed by atoms with Crippen LogP contribution in [0.3, 0.4) is 0 Å². The fraction of sp³-hybridized carbons (Fsp3) is 0.176. The minimum Gasteiger partial charge on any atom is -0.326 e. The minimum absolute atomic E-state index is 0.0703. The third kappa shape index (κ3) is 3.80. The summed E-state index contributed by atoms with van der Waals surface area (Å²) in [5, 5.41) is 5.00. The molecule has 1 N–H and O–H groups in total. The molecule has 8 heteroatoms. The first-order valence-electron chi connectivity index (χ1n) is 7.43. The number of fused-ring (bicyclic) bond motifs is 1. The van der Waals surface area contributed by atoms with Crippen molar-refractivity contribution in [3.05, 3.63) is 51.6 Å². The van der Waals surface area contributed by atoms with Gasteiger partial charge in [-0.1, -0.05) is 11.8 Å². The Morgan fingerprint density at radius 3 is 2.64 bits per heavy atom. The molecule has 0 radical (unpaired) electrons. The van der Waals surface area contributed by atoms with Crippen LogP contribution in [-0.4, -0.2) is 27.0 Å². The van der Waals surface area contributed by atoms with Gasteiger partial charge in [-0.2, -0.15) is 0 Å². The van der Waals surface area contributed by atoms with E-state index in [0.717, 1.165) is 0 Å². The van der Waals surface area contributed by atoms with Crippen LogP contribution in [0, 0.1) is 0 Å². The summed E-state index contributed by atoms with van der Waals surface area (Å²) < 4.78 is 2.09. The Hall–Kier alpha value is -2.45. The number of thioether (sulfide) groups is 1. The first-order chi connectivity index (χ1) is 12.0. The molecule has 0 fully saturated rings. The summed E-state index contributed by atoms with van der Waals surface area (Å²) in [6.07, 6.45) is 0. The lowest BCUT2D eigenvalue weighted by Crippen LogP contribution is -2.19. The standard InChI is InChI=1S/C17H15N3O3S2/c1-10(21)18-12-5-3-11(4-6-12)14(22)9-25-17-19-13-7-8-24-15(13)16(23)20(17)2/h3-8H,9H2,1-2H3,(H,18,21). The van der Waals surface area contributed by atoms with Crippen molar-refractivity contribution in [1.82, 2.24) is 9.55 Å². The SMILES string of the molecule is CC(=O)Nc1ccc(C(=O)CSc2nc3ccsc3c(=O)n2C)cc1. The number of carbonyl (C=O) groups excluding carboxylic acids is 2. The summed E-state index contributed by atoms with van der Waals surface area (Å²) in [5.74, 6) is -0.0560. The normalized spacial score (nSPS) is 10.8. The lowest BCUT2D eigenvalue weighted by Gasteiger charge is -2.07. The van der Waals surface area contributed by atoms with Gasteiger partial charge in [-0.05, 0) is 35.7 Å². The fourth-order valence-electron chi connectivity index (χ4n) is 2.25. The first-order valence-corrected chi connectivity index (χ1v) is 9.30. The van der Waals surface area contributed by atoms with Gasteiger partial charge in [0, 0.05) is 25.2 Å². The zero-order chi connectivity index (χ0) is 18.0. The van der Waals surface area contributed by atoms with E-state index in [0.29, 0.717) is 26.6 Å². The first kappa shape index (κ1) is 17.4. The molecule has 0 aliphatic heterocycles. The van der Waals surface area contributed by atoms with Crippen molar-refractivity contribution in [2.75, 3.05) is 11.1 Å². The van der Waals surface area contributed by atoms with E-state index in [-0.39, 0.29) is 23.0 Å². The van der Waals surface area contributed by atoms with Crippen molar-refractivity contribution in [1.29, 1.82) is 0 Å². The number of hydrogen-bond acceptors (Lipinski definition) is 6. The van der Waals surface area contributed by atoms with Crippen molar-refractivity contribution < 1.29 is 9.59 Å². The van der Waals surface area contributed by atoms with Crippen LogP contribution in [0.15, 0.2) is 45.7 Å². The number of anilines is 1. The van der Waals surface area contributed by atoms with Gasteiger partial charge in [-0.25, -0.2) is 4.98 Å². The van der Waals surface area contributed by atoms with Gasteiger partial charge in [-0.3, -0.25) is 19.0 Å². The lowest BCUT2D eigenvalue weighted by molar-refractivity contribution is -0.114. The zero-order valence-corrected chi connectivity index (χ0v) is 15.2. The molecular weight excluding hydrogens is 358 g/mol. The Labute approximate surface area is 151 Å². The largest absolute Gasteiger partial charge is 0.326 e. The summed E-state index contributed by atoms with van der Waals surface area (Å²) in [4.78, 5) is 40.0. The van der Waals surface area contributed by atoms with Gasteiger partial charge >= 0.3 is 0 Å². The molecule has 3 aromatic rings. The molecule has 128 valence electrons. The van der Waals surface area contributed by atoms with Crippen LogP contribution in [0.4, 0.5) is 5.69 Å². The molecule has 25 heavy (non-hydrogen) atoms. The minimum atomic E-state index is -0.162. The summed E-state index contributed by atoms with van der Waals surface area (Å²) >= 11 is 2.60. The molecule has 0 unspecified atom stereocenters. The van der Waals surface area contributed by atoms with E-state index in [1.54, 1.807) is 37.4 Å². The average molecular weight is 373 g/mol. The third-order valence-corrected chi connectivity index (χ3v) is 5.43. The number of rotatable bonds is 5. The van der Waals surface area contributed by atoms with E-state index in [1.165, 1.54) is 34.6 Å². The third-order valence-electron chi connectivity index (χ3n) is 3.51. The van der Waals surface area contributed by atoms with Gasteiger partial charge in [0.1, 0.15) is 4.70 Å². The second kappa shape index (κ2) is 7.20. The summed E-state index contributed by atoms with van der Waals surface area (Å²) in [5.41, 5.74) is 1.74. The predicted molar refractivity (Wildman–Crippen MR) is 101 cm³/mol. The van der Waals surface area contributed by atoms with E-state index < -0.39 is 0 Å². The number of thiophene rings is 1. The van der Waals surface area contributed by atoms with Crippen LogP contribution < -0.4 is 10.9 Å². The van der Waals surface area contributed by atoms with Crippen molar-refractivity contribution in [2.45, 2.75) is 12.1 Å². The Bertz CT molecular complexity index is 1010. The highest BCUT2D eigenvalue weighted by Crippen LogP contribution is 2.21. The molecule has 0 saturated heterocycles. The Kier molecular flexibility index (Phi) is 5.00. The Morgan fingerprint density at radius 1 is 1.24 bits per heavy atom. The van der Waals surface area contributed by atoms with Crippen LogP contribution in [-0.2, 0) is 11.8 Å². The molecule has 3 rings (SSSR count). The van der Waals surface area contributed by atoms with Crippen molar-refractivity contribution in [2.24, 2.45) is 7.05 Å². The number of carbonyl (C=O) groups is 2. The number of Topliss-reactive ketones (excluding diaryl/α,β-unsaturated/α-hetero) is 1. The molecule has 0 spiro atoms. The smallest absolute Gasteiger partial charge is 0.271 e. The topological polar surface area (TPSA) is 81.1 Å². The molecule has 0 aliphatic rings. The number of ketones is 1. The van der Waals surface area contributed by atoms with E-state index in [4.69, 9.17) is 0 Å². The summed E-state index contributed by atoms with van der Waals surface area (Å²) in [6, 6.07) is 8.51. The molecular formula is C17H15N3O3S2. The molecule has 1 aromatic carbocycles. The second-order valence-electron chi connectivity index (χ2n) is 5.36. The molecule has 0 aliphatic carbocycles. The molecule has 2 heterocycles. The number of hydrogen-bond donors (Lipinski definition) is 1. The number of amides is 1. The zero-order valence-electron chi connectivity index (χ0n) is 13.6. The van der Waals surface area contributed by atoms with Gasteiger partial charge in [0.15, 0.2) is 10.9 Å². The van der Waals surface area contributed by atoms with Gasteiger partial charge in [0.25, 0.3) is 5.56 Å². The maximum atomic E-state index is 12.3. The maximum Gasteiger partial charge on any atom is 0.271 e. The van der Waals surface area contributed by atoms with Gasteiger partial charge in [0.2, 0.25) is 5.91 Å². The van der Waals surface area contributed by atoms with Gasteiger partial charge in [-0.15, -0.1) is 11.3 Å². The highest BCUT2D eigenvalue weighted by molar-refractivity contribution is 7.99. The van der Waals surface area contributed by atoms with Crippen molar-refractivity contribution in [3.8, 4) is 0 Å². The number of benzene rings is 1. The van der Waals surface area contributed by atoms with Gasteiger partial charge < -0.3 is 5.32 Å².